The molecule has 2 aromatic heterocycles. The number of hydrogen-bond donors (Lipinski definition) is 0. The van der Waals surface area contributed by atoms with E-state index in [2.05, 4.69) is 9.97 Å². The van der Waals surface area contributed by atoms with E-state index in [4.69, 9.17) is 21.1 Å². The Morgan fingerprint density at radius 2 is 2.19 bits per heavy atom. The van der Waals surface area contributed by atoms with Gasteiger partial charge in [-0.3, -0.25) is 0 Å². The number of aromatic nitrogens is 3. The van der Waals surface area contributed by atoms with Crippen LogP contribution in [0.2, 0.25) is 5.28 Å². The zero-order chi connectivity index (χ0) is 14.4. The molecule has 0 aromatic carbocycles. The molecule has 3 heterocycles. The molecule has 1 spiro atoms. The lowest BCUT2D eigenvalue weighted by Crippen LogP contribution is -2.42. The van der Waals surface area contributed by atoms with E-state index in [1.807, 2.05) is 16.8 Å². The Kier molecular flexibility index (Phi) is 3.13. The van der Waals surface area contributed by atoms with Crippen molar-refractivity contribution in [1.29, 1.82) is 0 Å². The molecule has 7 heteroatoms. The molecule has 1 aliphatic carbocycles. The van der Waals surface area contributed by atoms with Crippen molar-refractivity contribution >= 4 is 22.6 Å². The molecule has 2 aromatic rings. The summed E-state index contributed by atoms with van der Waals surface area (Å²) in [5.74, 6) is -0.717. The first-order valence-corrected chi connectivity index (χ1v) is 7.46. The van der Waals surface area contributed by atoms with Crippen LogP contribution < -0.4 is 0 Å². The Morgan fingerprint density at radius 3 is 2.95 bits per heavy atom. The molecule has 2 aliphatic rings. The van der Waals surface area contributed by atoms with Crippen LogP contribution in [0, 0.1) is 0 Å². The molecule has 0 bridgehead atoms. The zero-order valence-corrected chi connectivity index (χ0v) is 12.1. The van der Waals surface area contributed by atoms with Gasteiger partial charge in [0, 0.05) is 30.6 Å². The van der Waals surface area contributed by atoms with E-state index in [1.54, 1.807) is 6.20 Å². The Morgan fingerprint density at radius 1 is 1.38 bits per heavy atom. The fourth-order valence-electron chi connectivity index (χ4n) is 3.34. The highest BCUT2D eigenvalue weighted by molar-refractivity contribution is 6.28. The summed E-state index contributed by atoms with van der Waals surface area (Å²) >= 11 is 5.85. The summed E-state index contributed by atoms with van der Waals surface area (Å²) in [5.41, 5.74) is 0.673. The van der Waals surface area contributed by atoms with Crippen molar-refractivity contribution < 1.29 is 13.9 Å². The van der Waals surface area contributed by atoms with Crippen LogP contribution in [0.25, 0.3) is 11.0 Å². The standard InChI is InChI=1S/C14H15ClFN3O2/c15-13-17-8-9-2-4-19(12(9)18-13)11-1-3-14(7-10(11)16)20-5-6-21-14/h2,4,8,10-11H,1,3,5-7H2/t10-,11-/m1/s1. The van der Waals surface area contributed by atoms with Crippen LogP contribution in [-0.2, 0) is 9.47 Å². The van der Waals surface area contributed by atoms with Crippen molar-refractivity contribution in [3.05, 3.63) is 23.7 Å². The van der Waals surface area contributed by atoms with Crippen molar-refractivity contribution in [2.45, 2.75) is 37.3 Å². The van der Waals surface area contributed by atoms with Crippen molar-refractivity contribution in [3.8, 4) is 0 Å². The highest BCUT2D eigenvalue weighted by Gasteiger charge is 2.46. The third-order valence-electron chi connectivity index (χ3n) is 4.34. The number of fused-ring (bicyclic) bond motifs is 1. The number of halogens is 2. The summed E-state index contributed by atoms with van der Waals surface area (Å²) < 4.78 is 27.7. The lowest BCUT2D eigenvalue weighted by Gasteiger charge is -2.38. The summed E-state index contributed by atoms with van der Waals surface area (Å²) in [6, 6.07) is 1.61. The van der Waals surface area contributed by atoms with Gasteiger partial charge in [0.2, 0.25) is 5.28 Å². The minimum absolute atomic E-state index is 0.174. The molecule has 5 nitrogen and oxygen atoms in total. The maximum Gasteiger partial charge on any atom is 0.224 e. The average molecular weight is 312 g/mol. The maximum atomic E-state index is 14.7. The average Bonchev–Trinajstić information content (AvgIpc) is 3.07. The van der Waals surface area contributed by atoms with Crippen LogP contribution in [0.3, 0.4) is 0 Å². The fraction of sp³-hybridized carbons (Fsp3) is 0.571. The second kappa shape index (κ2) is 4.90. The first-order chi connectivity index (χ1) is 10.2. The van der Waals surface area contributed by atoms with Gasteiger partial charge in [-0.15, -0.1) is 0 Å². The molecule has 1 aliphatic heterocycles. The van der Waals surface area contributed by atoms with E-state index in [9.17, 15) is 4.39 Å². The quantitative estimate of drug-likeness (QED) is 0.760. The molecule has 1 saturated carbocycles. The minimum atomic E-state index is -1.04. The number of hydrogen-bond acceptors (Lipinski definition) is 4. The van der Waals surface area contributed by atoms with E-state index in [0.717, 1.165) is 5.39 Å². The van der Waals surface area contributed by atoms with Crippen LogP contribution in [0.1, 0.15) is 25.3 Å². The number of ether oxygens (including phenoxy) is 2. The van der Waals surface area contributed by atoms with Gasteiger partial charge >= 0.3 is 0 Å². The Hall–Kier alpha value is -1.24. The maximum absolute atomic E-state index is 14.7. The second-order valence-electron chi connectivity index (χ2n) is 5.57. The third kappa shape index (κ3) is 2.22. The van der Waals surface area contributed by atoms with Crippen molar-refractivity contribution in [1.82, 2.24) is 14.5 Å². The van der Waals surface area contributed by atoms with Gasteiger partial charge in [0.1, 0.15) is 11.8 Å². The molecule has 0 radical (unpaired) electrons. The summed E-state index contributed by atoms with van der Waals surface area (Å²) in [5, 5.41) is 1.04. The lowest BCUT2D eigenvalue weighted by atomic mass is 9.88. The lowest BCUT2D eigenvalue weighted by molar-refractivity contribution is -0.194. The Bertz CT molecular complexity index is 671. The SMILES string of the molecule is F[C@@H]1CC2(CC[C@H]1n1ccc3cnc(Cl)nc31)OCCO2. The molecule has 1 saturated heterocycles. The molecule has 0 N–H and O–H groups in total. The summed E-state index contributed by atoms with van der Waals surface area (Å²) in [6.07, 6.45) is 4.06. The van der Waals surface area contributed by atoms with Gasteiger partial charge in [-0.2, -0.15) is 4.98 Å². The summed E-state index contributed by atoms with van der Waals surface area (Å²) in [6.45, 7) is 1.10. The van der Waals surface area contributed by atoms with E-state index in [-0.39, 0.29) is 17.7 Å². The van der Waals surface area contributed by atoms with Crippen molar-refractivity contribution in [3.63, 3.8) is 0 Å². The molecule has 112 valence electrons. The monoisotopic (exact) mass is 311 g/mol. The molecular formula is C14H15ClFN3O2. The van der Waals surface area contributed by atoms with Gasteiger partial charge in [-0.25, -0.2) is 9.37 Å². The van der Waals surface area contributed by atoms with Gasteiger partial charge in [-0.1, -0.05) is 0 Å². The smallest absolute Gasteiger partial charge is 0.224 e. The highest BCUT2D eigenvalue weighted by Crippen LogP contribution is 2.42. The van der Waals surface area contributed by atoms with Crippen LogP contribution in [0.15, 0.2) is 18.5 Å². The van der Waals surface area contributed by atoms with E-state index in [0.29, 0.717) is 31.7 Å². The minimum Gasteiger partial charge on any atom is -0.347 e. The van der Waals surface area contributed by atoms with Crippen molar-refractivity contribution in [2.24, 2.45) is 0 Å². The van der Waals surface area contributed by atoms with Crippen LogP contribution in [0.4, 0.5) is 4.39 Å². The molecule has 21 heavy (non-hydrogen) atoms. The third-order valence-corrected chi connectivity index (χ3v) is 4.52. The van der Waals surface area contributed by atoms with Crippen LogP contribution in [0.5, 0.6) is 0 Å². The highest BCUT2D eigenvalue weighted by atomic mass is 35.5. The van der Waals surface area contributed by atoms with Crippen LogP contribution in [-0.4, -0.2) is 39.7 Å². The van der Waals surface area contributed by atoms with Gasteiger partial charge in [0.05, 0.1) is 19.3 Å². The first-order valence-electron chi connectivity index (χ1n) is 7.08. The molecule has 2 fully saturated rings. The predicted octanol–water partition coefficient (Wildman–Crippen LogP) is 2.89. The predicted molar refractivity (Wildman–Crippen MR) is 75.0 cm³/mol. The summed E-state index contributed by atoms with van der Waals surface area (Å²) in [4.78, 5) is 8.17. The number of alkyl halides is 1. The fourth-order valence-corrected chi connectivity index (χ4v) is 3.47. The van der Waals surface area contributed by atoms with Gasteiger partial charge in [0.15, 0.2) is 5.79 Å². The number of nitrogens with zero attached hydrogens (tertiary/aromatic N) is 3. The van der Waals surface area contributed by atoms with Gasteiger partial charge in [0.25, 0.3) is 0 Å². The topological polar surface area (TPSA) is 49.2 Å². The van der Waals surface area contributed by atoms with Gasteiger partial charge in [-0.05, 0) is 24.1 Å². The van der Waals surface area contributed by atoms with Gasteiger partial charge < -0.3 is 14.0 Å². The summed E-state index contributed by atoms with van der Waals surface area (Å²) in [7, 11) is 0. The molecular weight excluding hydrogens is 297 g/mol. The zero-order valence-electron chi connectivity index (χ0n) is 11.3. The van der Waals surface area contributed by atoms with E-state index in [1.165, 1.54) is 0 Å². The Balaban J connectivity index is 1.65. The van der Waals surface area contributed by atoms with E-state index >= 15 is 0 Å². The molecule has 2 atom stereocenters. The van der Waals surface area contributed by atoms with Crippen molar-refractivity contribution in [2.75, 3.05) is 13.2 Å². The Labute approximate surface area is 126 Å². The molecule has 0 unspecified atom stereocenters. The normalized spacial score (nSPS) is 28.5. The first kappa shape index (κ1) is 13.4. The molecule has 4 rings (SSSR count). The van der Waals surface area contributed by atoms with Crippen LogP contribution >= 0.6 is 11.6 Å². The second-order valence-corrected chi connectivity index (χ2v) is 5.91. The molecule has 0 amide bonds. The largest absolute Gasteiger partial charge is 0.347 e. The van der Waals surface area contributed by atoms with E-state index < -0.39 is 12.0 Å². The number of rotatable bonds is 1.